The first-order valence-electron chi connectivity index (χ1n) is 12.8. The van der Waals surface area contributed by atoms with Crippen molar-refractivity contribution in [1.82, 2.24) is 4.90 Å². The van der Waals surface area contributed by atoms with Crippen LogP contribution in [0.25, 0.3) is 0 Å². The summed E-state index contributed by atoms with van der Waals surface area (Å²) in [5.41, 5.74) is 0.802. The number of amides is 1. The largest absolute Gasteiger partial charge is 1.00 e. The average Bonchev–Trinajstić information content (AvgIpc) is 2.77. The second kappa shape index (κ2) is 19.7. The first-order chi connectivity index (χ1) is 16.2. The van der Waals surface area contributed by atoms with Crippen molar-refractivity contribution in [2.45, 2.75) is 90.6 Å². The van der Waals surface area contributed by atoms with Crippen molar-refractivity contribution in [1.29, 1.82) is 0 Å². The van der Waals surface area contributed by atoms with Crippen molar-refractivity contribution >= 4 is 12.1 Å². The lowest BCUT2D eigenvalue weighted by Gasteiger charge is -2.27. The number of hydrogen-bond donors (Lipinski definition) is 0. The summed E-state index contributed by atoms with van der Waals surface area (Å²) in [5.74, 6) is -0.317. The highest BCUT2D eigenvalue weighted by molar-refractivity contribution is 5.72. The van der Waals surface area contributed by atoms with Crippen LogP contribution in [0.1, 0.15) is 84.1 Å². The van der Waals surface area contributed by atoms with Gasteiger partial charge in [0, 0.05) is 37.9 Å². The zero-order valence-corrected chi connectivity index (χ0v) is 24.7. The summed E-state index contributed by atoms with van der Waals surface area (Å²) >= 11 is 0. The molecule has 1 rings (SSSR count). The molecule has 1 amide bonds. The highest BCUT2D eigenvalue weighted by atomic mass is 127. The lowest BCUT2D eigenvalue weighted by atomic mass is 10.1. The van der Waals surface area contributed by atoms with E-state index >= 15 is 0 Å². The number of nitrogens with zero attached hydrogens (tertiary/aromatic N) is 2. The number of halogens is 1. The normalized spacial score (nSPS) is 11.0. The quantitative estimate of drug-likeness (QED) is 0.118. The molecular weight excluding hydrogens is 559 g/mol. The van der Waals surface area contributed by atoms with Crippen LogP contribution in [0.2, 0.25) is 0 Å². The maximum atomic E-state index is 12.4. The van der Waals surface area contributed by atoms with Gasteiger partial charge in [0.1, 0.15) is 12.6 Å². The monoisotopic (exact) mass is 606 g/mol. The molecule has 0 radical (unpaired) electrons. The molecule has 1 heterocycles. The number of aryl methyl sites for hydroxylation is 2. The van der Waals surface area contributed by atoms with Crippen molar-refractivity contribution in [2.24, 2.45) is 7.05 Å². The average molecular weight is 607 g/mol. The van der Waals surface area contributed by atoms with Crippen LogP contribution in [-0.2, 0) is 32.5 Å². The molecule has 0 aliphatic heterocycles. The summed E-state index contributed by atoms with van der Waals surface area (Å²) in [6, 6.07) is 4.25. The van der Waals surface area contributed by atoms with Gasteiger partial charge < -0.3 is 43.1 Å². The van der Waals surface area contributed by atoms with E-state index in [1.165, 1.54) is 31.9 Å². The highest BCUT2D eigenvalue weighted by Gasteiger charge is 2.22. The molecule has 0 spiro atoms. The number of aromatic nitrogens is 1. The predicted octanol–water partition coefficient (Wildman–Crippen LogP) is 2.00. The summed E-state index contributed by atoms with van der Waals surface area (Å²) in [6.45, 7) is 8.13. The van der Waals surface area contributed by atoms with Gasteiger partial charge in [0.2, 0.25) is 0 Å². The smallest absolute Gasteiger partial charge is 0.410 e. The Morgan fingerprint density at radius 1 is 0.943 bits per heavy atom. The Morgan fingerprint density at radius 2 is 1.57 bits per heavy atom. The van der Waals surface area contributed by atoms with Gasteiger partial charge in [-0.3, -0.25) is 4.79 Å². The molecule has 202 valence electrons. The van der Waals surface area contributed by atoms with Crippen LogP contribution in [0.3, 0.4) is 0 Å². The van der Waals surface area contributed by atoms with Crippen LogP contribution in [0, 0.1) is 0 Å². The Morgan fingerprint density at radius 3 is 2.20 bits per heavy atom. The number of carbonyl (C=O) groups is 2. The third-order valence-corrected chi connectivity index (χ3v) is 5.44. The van der Waals surface area contributed by atoms with Crippen molar-refractivity contribution in [2.75, 3.05) is 33.4 Å². The fourth-order valence-corrected chi connectivity index (χ4v) is 3.62. The van der Waals surface area contributed by atoms with Crippen molar-refractivity contribution in [3.8, 4) is 0 Å². The van der Waals surface area contributed by atoms with Crippen molar-refractivity contribution in [3.63, 3.8) is 0 Å². The van der Waals surface area contributed by atoms with Crippen molar-refractivity contribution < 1.29 is 52.3 Å². The summed E-state index contributed by atoms with van der Waals surface area (Å²) in [6.07, 6.45) is 14.0. The summed E-state index contributed by atoms with van der Waals surface area (Å²) in [4.78, 5) is 25.5. The van der Waals surface area contributed by atoms with Gasteiger partial charge >= 0.3 is 12.1 Å². The summed E-state index contributed by atoms with van der Waals surface area (Å²) in [7, 11) is 3.41. The van der Waals surface area contributed by atoms with E-state index in [0.717, 1.165) is 51.7 Å². The molecule has 8 heteroatoms. The minimum absolute atomic E-state index is 0. The molecule has 0 saturated heterocycles. The standard InChI is InChI=1S/C27H47N2O5.HI/c1-27(2,3)34-26(31)29(20-17-25(30)32-5)19-11-9-7-6-8-10-12-21-33-22-14-16-24-15-13-18-28(4)23-24;/h13,15,18,23H,6-12,14,16-17,19-22H2,1-5H3;1H/q+1;/p-1. The molecule has 7 nitrogen and oxygen atoms in total. The van der Waals surface area contributed by atoms with E-state index < -0.39 is 5.60 Å². The topological polar surface area (TPSA) is 69.0 Å². The molecular formula is C27H47IN2O5. The van der Waals surface area contributed by atoms with Crippen LogP contribution < -0.4 is 28.5 Å². The lowest BCUT2D eigenvalue weighted by Crippen LogP contribution is -3.00. The van der Waals surface area contributed by atoms with Gasteiger partial charge in [0.05, 0.1) is 13.5 Å². The molecule has 0 saturated carbocycles. The van der Waals surface area contributed by atoms with Gasteiger partial charge in [-0.2, -0.15) is 0 Å². The molecule has 1 aromatic rings. The molecule has 0 N–H and O–H groups in total. The molecule has 0 aliphatic carbocycles. The number of hydrogen-bond acceptors (Lipinski definition) is 5. The van der Waals surface area contributed by atoms with E-state index in [0.29, 0.717) is 13.1 Å². The van der Waals surface area contributed by atoms with Gasteiger partial charge in [-0.25, -0.2) is 9.36 Å². The van der Waals surface area contributed by atoms with Crippen LogP contribution in [-0.4, -0.2) is 56.0 Å². The van der Waals surface area contributed by atoms with Crippen LogP contribution in [0.15, 0.2) is 24.5 Å². The van der Waals surface area contributed by atoms with Gasteiger partial charge in [-0.15, -0.1) is 0 Å². The fourth-order valence-electron chi connectivity index (χ4n) is 3.62. The minimum Gasteiger partial charge on any atom is -1.00 e. The Balaban J connectivity index is 0.0000116. The molecule has 0 aliphatic rings. The lowest BCUT2D eigenvalue weighted by molar-refractivity contribution is -0.671. The number of rotatable bonds is 17. The SMILES string of the molecule is COC(=O)CCN(CCCCCCCCCOCCCc1ccc[n+](C)c1)C(=O)OC(C)(C)C.[I-]. The van der Waals surface area contributed by atoms with Gasteiger partial charge in [-0.05, 0) is 52.5 Å². The van der Waals surface area contributed by atoms with Crippen LogP contribution >= 0.6 is 0 Å². The summed E-state index contributed by atoms with van der Waals surface area (Å²) < 4.78 is 18.0. The number of unbranched alkanes of at least 4 members (excludes halogenated alkanes) is 6. The first kappa shape index (κ1) is 33.6. The number of ether oxygens (including phenoxy) is 3. The Bertz CT molecular complexity index is 709. The van der Waals surface area contributed by atoms with Crippen LogP contribution in [0.5, 0.6) is 0 Å². The van der Waals surface area contributed by atoms with E-state index in [9.17, 15) is 9.59 Å². The fraction of sp³-hybridized carbons (Fsp3) is 0.741. The van der Waals surface area contributed by atoms with Gasteiger partial charge in [0.25, 0.3) is 0 Å². The molecule has 0 unspecified atom stereocenters. The van der Waals surface area contributed by atoms with E-state index in [1.54, 1.807) is 4.90 Å². The van der Waals surface area contributed by atoms with E-state index in [2.05, 4.69) is 22.9 Å². The number of methoxy groups -OCH3 is 1. The van der Waals surface area contributed by atoms with E-state index in [-0.39, 0.29) is 42.5 Å². The summed E-state index contributed by atoms with van der Waals surface area (Å²) in [5, 5.41) is 0. The predicted molar refractivity (Wildman–Crippen MR) is 134 cm³/mol. The second-order valence-electron chi connectivity index (χ2n) is 9.86. The third kappa shape index (κ3) is 18.5. The Labute approximate surface area is 229 Å². The molecule has 0 fully saturated rings. The number of pyridine rings is 1. The number of carbonyl (C=O) groups excluding carboxylic acids is 2. The van der Waals surface area contributed by atoms with Crippen LogP contribution in [0.4, 0.5) is 4.79 Å². The van der Waals surface area contributed by atoms with Gasteiger partial charge in [0.15, 0.2) is 12.4 Å². The highest BCUT2D eigenvalue weighted by Crippen LogP contribution is 2.13. The second-order valence-corrected chi connectivity index (χ2v) is 9.86. The molecule has 0 atom stereocenters. The molecule has 0 aromatic carbocycles. The van der Waals surface area contributed by atoms with E-state index in [4.69, 9.17) is 14.2 Å². The molecule has 0 bridgehead atoms. The van der Waals surface area contributed by atoms with E-state index in [1.807, 2.05) is 34.0 Å². The van der Waals surface area contributed by atoms with Crippen molar-refractivity contribution in [3.05, 3.63) is 30.1 Å². The zero-order valence-electron chi connectivity index (χ0n) is 22.5. The molecule has 35 heavy (non-hydrogen) atoms. The maximum absolute atomic E-state index is 12.4. The first-order valence-corrected chi connectivity index (χ1v) is 12.8. The third-order valence-electron chi connectivity index (χ3n) is 5.44. The maximum Gasteiger partial charge on any atom is 0.410 e. The molecule has 1 aromatic heterocycles. The Kier molecular flexibility index (Phi) is 18.9. The minimum atomic E-state index is -0.551. The Hall–Kier alpha value is -1.42. The number of esters is 1. The zero-order chi connectivity index (χ0) is 25.2. The van der Waals surface area contributed by atoms with Gasteiger partial charge in [-0.1, -0.05) is 32.1 Å².